The standard InChI is InChI=1S/C22H23ClN6OS/c1-14-2-4-15(5-3-14)18-12-19-21-25-26-22(28(21)10-11-29(19)27-18)31-13-20(30)24-17-8-6-16(23)7-9-17/h2-11,18-19,21,25,27H,12-13H2,1H3,(H,24,30). The maximum atomic E-state index is 12.3. The zero-order valence-electron chi connectivity index (χ0n) is 17.0. The highest BCUT2D eigenvalue weighted by Crippen LogP contribution is 2.35. The van der Waals surface area contributed by atoms with E-state index in [2.05, 4.69) is 62.4 Å². The van der Waals surface area contributed by atoms with Crippen molar-refractivity contribution in [2.24, 2.45) is 5.10 Å². The van der Waals surface area contributed by atoms with E-state index in [1.165, 1.54) is 22.9 Å². The van der Waals surface area contributed by atoms with Crippen LogP contribution in [0.4, 0.5) is 5.69 Å². The summed E-state index contributed by atoms with van der Waals surface area (Å²) in [7, 11) is 0. The number of nitrogens with zero attached hydrogens (tertiary/aromatic N) is 3. The van der Waals surface area contributed by atoms with E-state index in [9.17, 15) is 4.79 Å². The number of amidine groups is 1. The zero-order chi connectivity index (χ0) is 21.4. The number of benzene rings is 2. The Morgan fingerprint density at radius 3 is 2.74 bits per heavy atom. The number of fused-ring (bicyclic) bond motifs is 3. The number of carbonyl (C=O) groups excluding carboxylic acids is 1. The number of anilines is 1. The highest BCUT2D eigenvalue weighted by molar-refractivity contribution is 8.14. The number of amides is 1. The molecule has 1 fully saturated rings. The molecule has 3 N–H and O–H groups in total. The van der Waals surface area contributed by atoms with Gasteiger partial charge in [-0.05, 0) is 43.2 Å². The van der Waals surface area contributed by atoms with E-state index >= 15 is 0 Å². The highest BCUT2D eigenvalue weighted by atomic mass is 35.5. The smallest absolute Gasteiger partial charge is 0.234 e. The predicted octanol–water partition coefficient (Wildman–Crippen LogP) is 3.63. The Labute approximate surface area is 190 Å². The largest absolute Gasteiger partial charge is 0.325 e. The number of hydrazine groups is 1. The lowest BCUT2D eigenvalue weighted by molar-refractivity contribution is -0.113. The molecule has 0 spiro atoms. The third-order valence-electron chi connectivity index (χ3n) is 5.64. The Balaban J connectivity index is 1.18. The van der Waals surface area contributed by atoms with E-state index in [4.69, 9.17) is 11.6 Å². The summed E-state index contributed by atoms with van der Waals surface area (Å²) in [6.45, 7) is 2.10. The van der Waals surface area contributed by atoms with Crippen LogP contribution in [0.3, 0.4) is 0 Å². The minimum atomic E-state index is -0.0805. The molecule has 2 aromatic carbocycles. The SMILES string of the molecule is Cc1ccc(C2CC3C4NN=C(SCC(=O)Nc5ccc(Cl)cc5)N4C=CN3N2)cc1. The first-order valence-corrected chi connectivity index (χ1v) is 11.5. The summed E-state index contributed by atoms with van der Waals surface area (Å²) in [6, 6.07) is 16.3. The minimum absolute atomic E-state index is 0.0368. The first-order valence-electron chi connectivity index (χ1n) is 10.2. The van der Waals surface area contributed by atoms with Gasteiger partial charge in [0.1, 0.15) is 6.17 Å². The second kappa shape index (κ2) is 8.45. The first kappa shape index (κ1) is 20.2. The number of carbonyl (C=O) groups is 1. The average Bonchev–Trinajstić information content (AvgIpc) is 3.38. The van der Waals surface area contributed by atoms with E-state index in [0.717, 1.165) is 17.3 Å². The quantitative estimate of drug-likeness (QED) is 0.655. The van der Waals surface area contributed by atoms with Crippen LogP contribution in [-0.4, -0.2) is 38.9 Å². The monoisotopic (exact) mass is 454 g/mol. The van der Waals surface area contributed by atoms with Crippen molar-refractivity contribution < 1.29 is 4.79 Å². The molecule has 0 aliphatic carbocycles. The Kier molecular flexibility index (Phi) is 5.52. The molecule has 31 heavy (non-hydrogen) atoms. The van der Waals surface area contributed by atoms with Gasteiger partial charge in [0.2, 0.25) is 5.91 Å². The number of hydrazone groups is 1. The Morgan fingerprint density at radius 1 is 1.19 bits per heavy atom. The molecular formula is C22H23ClN6OS. The number of thioether (sulfide) groups is 1. The fourth-order valence-corrected chi connectivity index (χ4v) is 4.93. The van der Waals surface area contributed by atoms with Crippen molar-refractivity contribution in [2.45, 2.75) is 31.6 Å². The molecule has 3 aliphatic rings. The van der Waals surface area contributed by atoms with Crippen molar-refractivity contribution in [2.75, 3.05) is 11.1 Å². The van der Waals surface area contributed by atoms with Crippen LogP contribution in [0.25, 0.3) is 0 Å². The first-order chi connectivity index (χ1) is 15.1. The molecule has 0 saturated carbocycles. The van der Waals surface area contributed by atoms with Gasteiger partial charge in [-0.1, -0.05) is 53.2 Å². The molecule has 0 bridgehead atoms. The number of hydrogen-bond acceptors (Lipinski definition) is 7. The van der Waals surface area contributed by atoms with E-state index in [1.807, 2.05) is 12.4 Å². The lowest BCUT2D eigenvalue weighted by Crippen LogP contribution is -2.54. The predicted molar refractivity (Wildman–Crippen MR) is 125 cm³/mol. The molecule has 3 heterocycles. The summed E-state index contributed by atoms with van der Waals surface area (Å²) in [6.07, 6.45) is 5.06. The maximum Gasteiger partial charge on any atom is 0.234 e. The van der Waals surface area contributed by atoms with Gasteiger partial charge in [0, 0.05) is 23.1 Å². The lowest BCUT2D eigenvalue weighted by Gasteiger charge is -2.36. The van der Waals surface area contributed by atoms with Gasteiger partial charge in [0.05, 0.1) is 17.8 Å². The van der Waals surface area contributed by atoms with Gasteiger partial charge < -0.3 is 15.2 Å². The molecule has 3 unspecified atom stereocenters. The number of rotatable bonds is 4. The maximum absolute atomic E-state index is 12.3. The third kappa shape index (κ3) is 4.23. The highest BCUT2D eigenvalue weighted by Gasteiger charge is 2.44. The zero-order valence-corrected chi connectivity index (χ0v) is 18.5. The number of halogens is 1. The van der Waals surface area contributed by atoms with Crippen molar-refractivity contribution in [3.05, 3.63) is 77.1 Å². The van der Waals surface area contributed by atoms with Crippen molar-refractivity contribution in [1.29, 1.82) is 0 Å². The fraction of sp³-hybridized carbons (Fsp3) is 0.273. The van der Waals surface area contributed by atoms with Gasteiger partial charge in [-0.15, -0.1) is 0 Å². The number of aryl methyl sites for hydroxylation is 1. The van der Waals surface area contributed by atoms with Gasteiger partial charge in [-0.2, -0.15) is 5.10 Å². The second-order valence-corrected chi connectivity index (χ2v) is 9.20. The van der Waals surface area contributed by atoms with Gasteiger partial charge in [0.15, 0.2) is 5.17 Å². The van der Waals surface area contributed by atoms with Crippen molar-refractivity contribution in [3.63, 3.8) is 0 Å². The van der Waals surface area contributed by atoms with E-state index in [0.29, 0.717) is 5.02 Å². The molecular weight excluding hydrogens is 432 g/mol. The summed E-state index contributed by atoms with van der Waals surface area (Å²) in [5, 5.41) is 11.0. The lowest BCUT2D eigenvalue weighted by atomic mass is 9.99. The van der Waals surface area contributed by atoms with Crippen LogP contribution in [0.1, 0.15) is 23.6 Å². The summed E-state index contributed by atoms with van der Waals surface area (Å²) < 4.78 is 0. The molecule has 3 aliphatic heterocycles. The molecule has 7 nitrogen and oxygen atoms in total. The average molecular weight is 455 g/mol. The van der Waals surface area contributed by atoms with Crippen molar-refractivity contribution in [3.8, 4) is 0 Å². The Bertz CT molecular complexity index is 1030. The van der Waals surface area contributed by atoms with Gasteiger partial charge >= 0.3 is 0 Å². The van der Waals surface area contributed by atoms with E-state index in [1.54, 1.807) is 24.3 Å². The number of nitrogens with one attached hydrogen (secondary N) is 3. The van der Waals surface area contributed by atoms with Crippen LogP contribution in [-0.2, 0) is 4.79 Å². The topological polar surface area (TPSA) is 72.0 Å². The molecule has 0 radical (unpaired) electrons. The second-order valence-electron chi connectivity index (χ2n) is 7.82. The summed E-state index contributed by atoms with van der Waals surface area (Å²) >= 11 is 7.31. The minimum Gasteiger partial charge on any atom is -0.325 e. The molecule has 1 saturated heterocycles. The molecule has 1 amide bonds. The summed E-state index contributed by atoms with van der Waals surface area (Å²) in [4.78, 5) is 14.4. The van der Waals surface area contributed by atoms with Gasteiger partial charge in [0.25, 0.3) is 0 Å². The van der Waals surface area contributed by atoms with Crippen LogP contribution in [0.15, 0.2) is 66.0 Å². The van der Waals surface area contributed by atoms with Crippen LogP contribution in [0.5, 0.6) is 0 Å². The molecule has 5 rings (SSSR count). The number of hydrogen-bond donors (Lipinski definition) is 3. The van der Waals surface area contributed by atoms with Gasteiger partial charge in [-0.25, -0.2) is 5.43 Å². The van der Waals surface area contributed by atoms with Crippen LogP contribution >= 0.6 is 23.4 Å². The molecule has 0 aromatic heterocycles. The molecule has 2 aromatic rings. The van der Waals surface area contributed by atoms with Crippen molar-refractivity contribution >= 4 is 40.1 Å². The molecule has 9 heteroatoms. The Hall–Kier alpha value is -2.68. The molecule has 160 valence electrons. The summed E-state index contributed by atoms with van der Waals surface area (Å²) in [5.74, 6) is 0.196. The fourth-order valence-electron chi connectivity index (χ4n) is 4.03. The van der Waals surface area contributed by atoms with Crippen LogP contribution in [0.2, 0.25) is 5.02 Å². The van der Waals surface area contributed by atoms with E-state index in [-0.39, 0.29) is 29.9 Å². The van der Waals surface area contributed by atoms with Gasteiger partial charge in [-0.3, -0.25) is 10.2 Å². The third-order valence-corrected chi connectivity index (χ3v) is 6.86. The Morgan fingerprint density at radius 2 is 1.97 bits per heavy atom. The van der Waals surface area contributed by atoms with Crippen molar-refractivity contribution in [1.82, 2.24) is 20.8 Å². The molecule has 3 atom stereocenters. The van der Waals surface area contributed by atoms with Crippen LogP contribution < -0.4 is 16.2 Å². The van der Waals surface area contributed by atoms with Crippen LogP contribution in [0, 0.1) is 6.92 Å². The van der Waals surface area contributed by atoms with E-state index < -0.39 is 0 Å². The normalized spacial score (nSPS) is 23.8. The summed E-state index contributed by atoms with van der Waals surface area (Å²) in [5.41, 5.74) is 10.1.